The SMILES string of the molecule is CC.COc1cc(C)ccc1OCCOCc1ccccc1. The Balaban J connectivity index is 0.00000116. The minimum absolute atomic E-state index is 0.506. The van der Waals surface area contributed by atoms with Crippen LogP contribution in [0.1, 0.15) is 25.0 Å². The zero-order valence-electron chi connectivity index (χ0n) is 14.0. The number of ether oxygens (including phenoxy) is 3. The van der Waals surface area contributed by atoms with Gasteiger partial charge in [-0.25, -0.2) is 0 Å². The van der Waals surface area contributed by atoms with Gasteiger partial charge in [0, 0.05) is 0 Å². The third kappa shape index (κ3) is 6.19. The van der Waals surface area contributed by atoms with Crippen LogP contribution < -0.4 is 9.47 Å². The Bertz CT molecular complexity index is 523. The summed E-state index contributed by atoms with van der Waals surface area (Å²) in [5.41, 5.74) is 2.31. The summed E-state index contributed by atoms with van der Waals surface area (Å²) in [4.78, 5) is 0. The Morgan fingerprint density at radius 3 is 2.27 bits per heavy atom. The van der Waals surface area contributed by atoms with E-state index in [1.54, 1.807) is 7.11 Å². The quantitative estimate of drug-likeness (QED) is 0.698. The molecule has 0 spiro atoms. The third-order valence-corrected chi connectivity index (χ3v) is 2.92. The molecule has 2 rings (SSSR count). The highest BCUT2D eigenvalue weighted by atomic mass is 16.5. The summed E-state index contributed by atoms with van der Waals surface area (Å²) in [6, 6.07) is 16.0. The number of methoxy groups -OCH3 is 1. The van der Waals surface area contributed by atoms with Crippen molar-refractivity contribution in [2.75, 3.05) is 20.3 Å². The predicted octanol–water partition coefficient (Wildman–Crippen LogP) is 4.63. The third-order valence-electron chi connectivity index (χ3n) is 2.92. The van der Waals surface area contributed by atoms with Crippen molar-refractivity contribution in [1.29, 1.82) is 0 Å². The molecule has 0 atom stereocenters. The van der Waals surface area contributed by atoms with Crippen molar-refractivity contribution in [1.82, 2.24) is 0 Å². The molecule has 0 aliphatic rings. The van der Waals surface area contributed by atoms with E-state index in [0.29, 0.717) is 19.8 Å². The van der Waals surface area contributed by atoms with Gasteiger partial charge in [-0.3, -0.25) is 0 Å². The number of hydrogen-bond donors (Lipinski definition) is 0. The predicted molar refractivity (Wildman–Crippen MR) is 90.7 cm³/mol. The normalized spacial score (nSPS) is 9.64. The van der Waals surface area contributed by atoms with Gasteiger partial charge in [0.25, 0.3) is 0 Å². The zero-order chi connectivity index (χ0) is 16.2. The molecule has 0 aliphatic carbocycles. The molecule has 0 aliphatic heterocycles. The van der Waals surface area contributed by atoms with Gasteiger partial charge in [-0.2, -0.15) is 0 Å². The molecule has 22 heavy (non-hydrogen) atoms. The van der Waals surface area contributed by atoms with Gasteiger partial charge in [0.1, 0.15) is 6.61 Å². The van der Waals surface area contributed by atoms with Gasteiger partial charge in [0.15, 0.2) is 11.5 Å². The highest BCUT2D eigenvalue weighted by Crippen LogP contribution is 2.27. The average molecular weight is 302 g/mol. The minimum atomic E-state index is 0.506. The fourth-order valence-corrected chi connectivity index (χ4v) is 1.87. The molecule has 2 aromatic rings. The van der Waals surface area contributed by atoms with Crippen molar-refractivity contribution in [2.24, 2.45) is 0 Å². The second-order valence-corrected chi connectivity index (χ2v) is 4.54. The molecule has 0 heterocycles. The highest BCUT2D eigenvalue weighted by Gasteiger charge is 2.03. The number of aryl methyl sites for hydroxylation is 1. The lowest BCUT2D eigenvalue weighted by molar-refractivity contribution is 0.0879. The smallest absolute Gasteiger partial charge is 0.161 e. The maximum atomic E-state index is 5.67. The molecular weight excluding hydrogens is 276 g/mol. The number of rotatable bonds is 7. The molecule has 0 aromatic heterocycles. The Hall–Kier alpha value is -2.00. The number of benzene rings is 2. The van der Waals surface area contributed by atoms with E-state index in [4.69, 9.17) is 14.2 Å². The lowest BCUT2D eigenvalue weighted by atomic mass is 10.2. The van der Waals surface area contributed by atoms with Crippen LogP contribution in [0.3, 0.4) is 0 Å². The van der Waals surface area contributed by atoms with Crippen LogP contribution in [-0.2, 0) is 11.3 Å². The molecule has 2 aromatic carbocycles. The Kier molecular flexibility index (Phi) is 8.77. The molecule has 3 nitrogen and oxygen atoms in total. The van der Waals surface area contributed by atoms with Crippen molar-refractivity contribution >= 4 is 0 Å². The minimum Gasteiger partial charge on any atom is -0.493 e. The van der Waals surface area contributed by atoms with Crippen molar-refractivity contribution in [3.05, 3.63) is 59.7 Å². The lowest BCUT2D eigenvalue weighted by Gasteiger charge is -2.11. The van der Waals surface area contributed by atoms with Crippen LogP contribution >= 0.6 is 0 Å². The van der Waals surface area contributed by atoms with Crippen LogP contribution in [0, 0.1) is 6.92 Å². The largest absolute Gasteiger partial charge is 0.493 e. The zero-order valence-corrected chi connectivity index (χ0v) is 14.0. The van der Waals surface area contributed by atoms with Crippen molar-refractivity contribution < 1.29 is 14.2 Å². The van der Waals surface area contributed by atoms with Crippen LogP contribution in [0.5, 0.6) is 11.5 Å². The Morgan fingerprint density at radius 2 is 1.59 bits per heavy atom. The summed E-state index contributed by atoms with van der Waals surface area (Å²) in [5, 5.41) is 0. The van der Waals surface area contributed by atoms with E-state index in [1.807, 2.05) is 69.3 Å². The van der Waals surface area contributed by atoms with Crippen LogP contribution in [0.25, 0.3) is 0 Å². The first-order valence-corrected chi connectivity index (χ1v) is 7.68. The first kappa shape index (κ1) is 18.1. The van der Waals surface area contributed by atoms with Crippen molar-refractivity contribution in [2.45, 2.75) is 27.4 Å². The molecule has 0 bridgehead atoms. The van der Waals surface area contributed by atoms with Crippen LogP contribution in [-0.4, -0.2) is 20.3 Å². The van der Waals surface area contributed by atoms with Gasteiger partial charge in [0.05, 0.1) is 20.3 Å². The van der Waals surface area contributed by atoms with Gasteiger partial charge in [-0.1, -0.05) is 50.2 Å². The fourth-order valence-electron chi connectivity index (χ4n) is 1.87. The molecule has 0 N–H and O–H groups in total. The molecule has 3 heteroatoms. The van der Waals surface area contributed by atoms with Gasteiger partial charge in [0.2, 0.25) is 0 Å². The van der Waals surface area contributed by atoms with Crippen LogP contribution in [0.4, 0.5) is 0 Å². The molecule has 0 radical (unpaired) electrons. The molecule has 120 valence electrons. The second kappa shape index (κ2) is 10.7. The second-order valence-electron chi connectivity index (χ2n) is 4.54. The van der Waals surface area contributed by atoms with E-state index in [0.717, 1.165) is 17.1 Å². The summed E-state index contributed by atoms with van der Waals surface area (Å²) in [5.74, 6) is 1.51. The van der Waals surface area contributed by atoms with Crippen molar-refractivity contribution in [3.63, 3.8) is 0 Å². The van der Waals surface area contributed by atoms with E-state index in [1.165, 1.54) is 5.56 Å². The summed E-state index contributed by atoms with van der Waals surface area (Å²) >= 11 is 0. The highest BCUT2D eigenvalue weighted by molar-refractivity contribution is 5.42. The molecule has 0 fully saturated rings. The standard InChI is InChI=1S/C17H20O3.C2H6/c1-14-8-9-16(17(12-14)18-2)20-11-10-19-13-15-6-4-3-5-7-15;1-2/h3-9,12H,10-11,13H2,1-2H3;1-2H3. The maximum absolute atomic E-state index is 5.67. The first-order valence-electron chi connectivity index (χ1n) is 7.68. The van der Waals surface area contributed by atoms with E-state index in [2.05, 4.69) is 0 Å². The average Bonchev–Trinajstić information content (AvgIpc) is 2.58. The maximum Gasteiger partial charge on any atom is 0.161 e. The van der Waals surface area contributed by atoms with Gasteiger partial charge in [-0.05, 0) is 30.2 Å². The van der Waals surface area contributed by atoms with Gasteiger partial charge >= 0.3 is 0 Å². The summed E-state index contributed by atoms with van der Waals surface area (Å²) in [7, 11) is 1.65. The topological polar surface area (TPSA) is 27.7 Å². The van der Waals surface area contributed by atoms with Crippen LogP contribution in [0.15, 0.2) is 48.5 Å². The lowest BCUT2D eigenvalue weighted by Crippen LogP contribution is -2.07. The molecule has 0 saturated heterocycles. The van der Waals surface area contributed by atoms with E-state index < -0.39 is 0 Å². The van der Waals surface area contributed by atoms with E-state index in [9.17, 15) is 0 Å². The summed E-state index contributed by atoms with van der Waals surface area (Å²) < 4.78 is 16.5. The van der Waals surface area contributed by atoms with E-state index in [-0.39, 0.29) is 0 Å². The molecule has 0 unspecified atom stereocenters. The fraction of sp³-hybridized carbons (Fsp3) is 0.368. The monoisotopic (exact) mass is 302 g/mol. The van der Waals surface area contributed by atoms with Gasteiger partial charge < -0.3 is 14.2 Å². The number of hydrogen-bond acceptors (Lipinski definition) is 3. The molecular formula is C19H26O3. The van der Waals surface area contributed by atoms with Crippen molar-refractivity contribution in [3.8, 4) is 11.5 Å². The molecule has 0 amide bonds. The Morgan fingerprint density at radius 1 is 0.864 bits per heavy atom. The van der Waals surface area contributed by atoms with E-state index >= 15 is 0 Å². The summed E-state index contributed by atoms with van der Waals surface area (Å²) in [6.07, 6.45) is 0. The first-order chi connectivity index (χ1) is 10.8. The molecule has 0 saturated carbocycles. The van der Waals surface area contributed by atoms with Crippen LogP contribution in [0.2, 0.25) is 0 Å². The van der Waals surface area contributed by atoms with Gasteiger partial charge in [-0.15, -0.1) is 0 Å². The summed E-state index contributed by atoms with van der Waals surface area (Å²) in [6.45, 7) is 7.68. The Labute approximate surface area is 133 Å².